The van der Waals surface area contributed by atoms with Crippen molar-refractivity contribution in [1.29, 1.82) is 0 Å². The van der Waals surface area contributed by atoms with Gasteiger partial charge in [-0.15, -0.1) is 0 Å². The molecule has 6 heteroatoms. The Morgan fingerprint density at radius 2 is 0.708 bits per heavy atom. The number of aryl methyl sites for hydroxylation is 1. The van der Waals surface area contributed by atoms with Gasteiger partial charge in [0, 0.05) is 55.1 Å². The highest BCUT2D eigenvalue weighted by Crippen LogP contribution is 2.47. The third-order valence-electron chi connectivity index (χ3n) is 19.5. The van der Waals surface area contributed by atoms with Crippen LogP contribution in [-0.4, -0.2) is 20.4 Å². The SMILES string of the molecule is Cc1ccc(-c2ccc3c(c2)Oc2cc(-c4cc(C(C)(C)C)cc(C(C)(C)C)c4)cc4c2B3c2ccc(-n3c5ccc(C(C)(C)C)cc5c5cc(C(C)(C)C)ccc53)cc2O4)c(-n2c3ccccc3c3ccccc32)c1-n1c2ccccc2c2ccccc21. The summed E-state index contributed by atoms with van der Waals surface area (Å²) in [6.07, 6.45) is 0. The van der Waals surface area contributed by atoms with Crippen LogP contribution in [0.2, 0.25) is 0 Å². The first-order valence-corrected chi connectivity index (χ1v) is 31.8. The van der Waals surface area contributed by atoms with Gasteiger partial charge in [-0.1, -0.05) is 217 Å². The lowest BCUT2D eigenvalue weighted by atomic mass is 9.34. The van der Waals surface area contributed by atoms with Gasteiger partial charge in [0.25, 0.3) is 6.71 Å². The van der Waals surface area contributed by atoms with Crippen molar-refractivity contribution in [2.24, 2.45) is 0 Å². The van der Waals surface area contributed by atoms with E-state index >= 15 is 0 Å². The molecule has 16 rings (SSSR count). The first-order chi connectivity index (χ1) is 42.6. The Labute approximate surface area is 522 Å². The van der Waals surface area contributed by atoms with Crippen molar-refractivity contribution in [3.05, 3.63) is 240 Å². The van der Waals surface area contributed by atoms with Crippen molar-refractivity contribution in [2.75, 3.05) is 0 Å². The van der Waals surface area contributed by atoms with Gasteiger partial charge in [0.1, 0.15) is 23.0 Å². The number of ether oxygens (including phenoxy) is 2. The fourth-order valence-electron chi connectivity index (χ4n) is 14.6. The van der Waals surface area contributed by atoms with Gasteiger partial charge in [0.15, 0.2) is 0 Å². The maximum Gasteiger partial charge on any atom is 0.260 e. The molecule has 0 bridgehead atoms. The van der Waals surface area contributed by atoms with Crippen LogP contribution in [-0.2, 0) is 21.7 Å². The monoisotopic (exact) mass is 1160 g/mol. The Kier molecular flexibility index (Phi) is 11.9. The number of aromatic nitrogens is 3. The minimum atomic E-state index is -0.180. The van der Waals surface area contributed by atoms with E-state index in [0.29, 0.717) is 0 Å². The molecule has 0 fully saturated rings. The van der Waals surface area contributed by atoms with E-state index in [4.69, 9.17) is 9.47 Å². The Hall–Kier alpha value is -9.52. The molecule has 0 unspecified atom stereocenters. The van der Waals surface area contributed by atoms with Gasteiger partial charge in [0.2, 0.25) is 0 Å². The summed E-state index contributed by atoms with van der Waals surface area (Å²) in [5.41, 5.74) is 24.2. The Balaban J connectivity index is 0.939. The number of benzene rings is 11. The topological polar surface area (TPSA) is 33.2 Å². The normalized spacial score (nSPS) is 13.4. The molecule has 0 amide bonds. The lowest BCUT2D eigenvalue weighted by Gasteiger charge is -2.34. The third kappa shape index (κ3) is 8.57. The first-order valence-electron chi connectivity index (χ1n) is 31.8. The van der Waals surface area contributed by atoms with E-state index in [0.717, 1.165) is 89.7 Å². The van der Waals surface area contributed by atoms with Crippen molar-refractivity contribution in [2.45, 2.75) is 112 Å². The van der Waals surface area contributed by atoms with Gasteiger partial charge in [-0.2, -0.15) is 0 Å². The van der Waals surface area contributed by atoms with E-state index in [9.17, 15) is 0 Å². The molecule has 0 saturated carbocycles. The second kappa shape index (κ2) is 19.2. The van der Waals surface area contributed by atoms with Crippen LogP contribution in [0.1, 0.15) is 111 Å². The summed E-state index contributed by atoms with van der Waals surface area (Å²) in [6.45, 7) is 29.8. The predicted octanol–water partition coefficient (Wildman–Crippen LogP) is 20.5. The van der Waals surface area contributed by atoms with E-state index in [-0.39, 0.29) is 28.4 Å². The molecule has 0 N–H and O–H groups in total. The van der Waals surface area contributed by atoms with Crippen LogP contribution in [0.25, 0.3) is 105 Å². The van der Waals surface area contributed by atoms with E-state index < -0.39 is 0 Å². The molecule has 5 nitrogen and oxygen atoms in total. The van der Waals surface area contributed by atoms with E-state index in [1.807, 2.05) is 0 Å². The van der Waals surface area contributed by atoms with Gasteiger partial charge in [-0.05, 0) is 157 Å². The van der Waals surface area contributed by atoms with Crippen molar-refractivity contribution >= 4 is 88.5 Å². The summed E-state index contributed by atoms with van der Waals surface area (Å²) in [7, 11) is 0. The quantitative estimate of drug-likeness (QED) is 0.161. The maximum atomic E-state index is 7.52. The molecule has 2 aliphatic heterocycles. The molecule has 436 valence electrons. The molecule has 0 radical (unpaired) electrons. The molecule has 11 aromatic carbocycles. The highest BCUT2D eigenvalue weighted by molar-refractivity contribution is 6.98. The summed E-state index contributed by atoms with van der Waals surface area (Å²) in [5.74, 6) is 3.30. The van der Waals surface area contributed by atoms with E-state index in [1.54, 1.807) is 0 Å². The molecule has 14 aromatic rings. The number of hydrogen-bond donors (Lipinski definition) is 0. The summed E-state index contributed by atoms with van der Waals surface area (Å²) in [5, 5.41) is 7.40. The van der Waals surface area contributed by atoms with Gasteiger partial charge in [-0.3, -0.25) is 0 Å². The zero-order chi connectivity index (χ0) is 61.4. The number of hydrogen-bond acceptors (Lipinski definition) is 2. The molecular formula is C83H74BN3O2. The van der Waals surface area contributed by atoms with Crippen LogP contribution in [0.4, 0.5) is 0 Å². The lowest BCUT2D eigenvalue weighted by Crippen LogP contribution is -2.57. The average Bonchev–Trinajstić information content (AvgIpc) is 1.76. The van der Waals surface area contributed by atoms with E-state index in [1.165, 1.54) is 82.2 Å². The fraction of sp³-hybridized carbons (Fsp3) is 0.205. The average molecular weight is 1160 g/mol. The second-order valence-corrected chi connectivity index (χ2v) is 29.5. The molecule has 5 heterocycles. The number of rotatable bonds is 5. The van der Waals surface area contributed by atoms with Crippen LogP contribution in [0, 0.1) is 6.92 Å². The zero-order valence-corrected chi connectivity index (χ0v) is 53.4. The van der Waals surface area contributed by atoms with Gasteiger partial charge in [0.05, 0.1) is 44.5 Å². The van der Waals surface area contributed by atoms with Gasteiger partial charge in [-0.25, -0.2) is 0 Å². The summed E-state index contributed by atoms with van der Waals surface area (Å²) in [6, 6.07) is 79.9. The van der Waals surface area contributed by atoms with Gasteiger partial charge < -0.3 is 23.2 Å². The highest BCUT2D eigenvalue weighted by atomic mass is 16.5. The maximum absolute atomic E-state index is 7.52. The number of nitrogens with zero attached hydrogens (tertiary/aromatic N) is 3. The molecule has 2 aliphatic rings. The Morgan fingerprint density at radius 1 is 0.303 bits per heavy atom. The second-order valence-electron chi connectivity index (χ2n) is 29.5. The minimum Gasteiger partial charge on any atom is -0.458 e. The van der Waals surface area contributed by atoms with Gasteiger partial charge >= 0.3 is 0 Å². The lowest BCUT2D eigenvalue weighted by molar-refractivity contribution is 0.465. The number of fused-ring (bicyclic) bond motifs is 13. The molecule has 3 aromatic heterocycles. The summed E-state index contributed by atoms with van der Waals surface area (Å²) in [4.78, 5) is 0. The number of para-hydroxylation sites is 4. The largest absolute Gasteiger partial charge is 0.458 e. The summed E-state index contributed by atoms with van der Waals surface area (Å²) < 4.78 is 22.4. The smallest absolute Gasteiger partial charge is 0.260 e. The van der Waals surface area contributed by atoms with Crippen LogP contribution in [0.15, 0.2) is 212 Å². The van der Waals surface area contributed by atoms with Crippen molar-refractivity contribution in [1.82, 2.24) is 13.7 Å². The molecule has 0 aliphatic carbocycles. The standard InChI is InChI=1S/C83H74BN3O2/c1-49-30-35-58(79(87-69-28-20-16-24-61(69)62-25-17-21-29-70(62)87)78(49)86-67-26-18-14-22-59(67)60-23-15-19-27-68(60)86)50-31-36-65-73(42-50)88-75-43-52(51-40-55(82(8,9)10)45-56(41-51)83(11,12)13)44-76-77(75)84(65)66-37-34-57(48-74(66)89-76)85-71-38-32-53(80(2,3)4)46-63(71)64-47-54(81(5,6)7)33-39-72(64)85/h14-48H,1-13H3. The molecule has 0 saturated heterocycles. The zero-order valence-electron chi connectivity index (χ0n) is 53.4. The molecule has 89 heavy (non-hydrogen) atoms. The predicted molar refractivity (Wildman–Crippen MR) is 378 cm³/mol. The summed E-state index contributed by atoms with van der Waals surface area (Å²) >= 11 is 0. The highest BCUT2D eigenvalue weighted by Gasteiger charge is 2.42. The van der Waals surface area contributed by atoms with Crippen molar-refractivity contribution < 1.29 is 9.47 Å². The molecule has 0 atom stereocenters. The minimum absolute atomic E-state index is 0.0106. The first kappa shape index (κ1) is 54.8. The fourth-order valence-corrected chi connectivity index (χ4v) is 14.6. The molecule has 0 spiro atoms. The van der Waals surface area contributed by atoms with Crippen LogP contribution in [0.3, 0.4) is 0 Å². The van der Waals surface area contributed by atoms with Crippen LogP contribution in [0.5, 0.6) is 23.0 Å². The van der Waals surface area contributed by atoms with Crippen LogP contribution < -0.4 is 25.9 Å². The molecular weight excluding hydrogens is 1080 g/mol. The Bertz CT molecular complexity index is 5120. The van der Waals surface area contributed by atoms with Crippen LogP contribution >= 0.6 is 0 Å². The Morgan fingerprint density at radius 3 is 1.18 bits per heavy atom. The third-order valence-corrected chi connectivity index (χ3v) is 19.5. The van der Waals surface area contributed by atoms with E-state index in [2.05, 4.69) is 316 Å². The van der Waals surface area contributed by atoms with Crippen molar-refractivity contribution in [3.63, 3.8) is 0 Å². The van der Waals surface area contributed by atoms with Crippen molar-refractivity contribution in [3.8, 4) is 62.3 Å².